The van der Waals surface area contributed by atoms with E-state index in [2.05, 4.69) is 11.8 Å². The third-order valence-corrected chi connectivity index (χ3v) is 5.16. The number of hydrogen-bond donors (Lipinski definition) is 1. The van der Waals surface area contributed by atoms with E-state index >= 15 is 0 Å². The third kappa shape index (κ3) is 4.73. The predicted molar refractivity (Wildman–Crippen MR) is 80.2 cm³/mol. The summed E-state index contributed by atoms with van der Waals surface area (Å²) in [4.78, 5) is 2.58. The second-order valence-corrected chi connectivity index (χ2v) is 6.63. The fourth-order valence-electron chi connectivity index (χ4n) is 3.53. The molecular formula is C16H32N2O. The first-order chi connectivity index (χ1) is 9.22. The van der Waals surface area contributed by atoms with E-state index in [0.717, 1.165) is 31.5 Å². The fraction of sp³-hybridized carbons (Fsp3) is 1.00. The lowest BCUT2D eigenvalue weighted by atomic mass is 9.84. The molecule has 0 aromatic heterocycles. The number of methoxy groups -OCH3 is 1. The monoisotopic (exact) mass is 268 g/mol. The first-order valence-corrected chi connectivity index (χ1v) is 8.21. The first kappa shape index (κ1) is 15.3. The van der Waals surface area contributed by atoms with E-state index in [9.17, 15) is 0 Å². The van der Waals surface area contributed by atoms with Gasteiger partial charge in [-0.2, -0.15) is 0 Å². The van der Waals surface area contributed by atoms with E-state index in [1.54, 1.807) is 7.11 Å². The number of nitrogens with zero attached hydrogens (tertiary/aromatic N) is 1. The molecule has 0 aromatic carbocycles. The van der Waals surface area contributed by atoms with Crippen molar-refractivity contribution in [3.8, 4) is 0 Å². The summed E-state index contributed by atoms with van der Waals surface area (Å²) < 4.78 is 5.27. The third-order valence-electron chi connectivity index (χ3n) is 5.16. The number of hydrogen-bond acceptors (Lipinski definition) is 3. The van der Waals surface area contributed by atoms with Gasteiger partial charge in [-0.3, -0.25) is 4.90 Å². The van der Waals surface area contributed by atoms with Gasteiger partial charge in [-0.1, -0.05) is 19.3 Å². The van der Waals surface area contributed by atoms with Crippen LogP contribution in [-0.2, 0) is 4.74 Å². The van der Waals surface area contributed by atoms with E-state index in [1.807, 2.05) is 0 Å². The fourth-order valence-corrected chi connectivity index (χ4v) is 3.53. The van der Waals surface area contributed by atoms with Crippen LogP contribution in [0.5, 0.6) is 0 Å². The van der Waals surface area contributed by atoms with Gasteiger partial charge in [-0.05, 0) is 44.4 Å². The van der Waals surface area contributed by atoms with E-state index in [0.29, 0.717) is 12.1 Å². The average Bonchev–Trinajstić information content (AvgIpc) is 3.28. The summed E-state index contributed by atoms with van der Waals surface area (Å²) in [7, 11) is 1.79. The maximum Gasteiger partial charge on any atom is 0.0589 e. The highest BCUT2D eigenvalue weighted by molar-refractivity contribution is 4.88. The minimum absolute atomic E-state index is 0.360. The molecule has 0 spiro atoms. The highest BCUT2D eigenvalue weighted by atomic mass is 16.5. The van der Waals surface area contributed by atoms with Crippen LogP contribution in [0.25, 0.3) is 0 Å². The van der Waals surface area contributed by atoms with E-state index in [4.69, 9.17) is 10.5 Å². The molecule has 0 radical (unpaired) electrons. The van der Waals surface area contributed by atoms with Gasteiger partial charge in [0.1, 0.15) is 0 Å². The molecular weight excluding hydrogens is 236 g/mol. The smallest absolute Gasteiger partial charge is 0.0589 e. The Kier molecular flexibility index (Phi) is 6.11. The van der Waals surface area contributed by atoms with Crippen molar-refractivity contribution in [2.24, 2.45) is 17.6 Å². The lowest BCUT2D eigenvalue weighted by Crippen LogP contribution is -2.47. The lowest BCUT2D eigenvalue weighted by Gasteiger charge is -2.35. The molecule has 2 aliphatic rings. The van der Waals surface area contributed by atoms with Crippen molar-refractivity contribution in [1.29, 1.82) is 0 Å². The van der Waals surface area contributed by atoms with Crippen molar-refractivity contribution in [1.82, 2.24) is 4.90 Å². The minimum atomic E-state index is 0.360. The van der Waals surface area contributed by atoms with Gasteiger partial charge in [-0.25, -0.2) is 0 Å². The molecule has 2 saturated carbocycles. The first-order valence-electron chi connectivity index (χ1n) is 8.21. The van der Waals surface area contributed by atoms with Crippen molar-refractivity contribution >= 4 is 0 Å². The Hall–Kier alpha value is -0.120. The zero-order valence-electron chi connectivity index (χ0n) is 12.8. The van der Waals surface area contributed by atoms with Crippen LogP contribution in [0.2, 0.25) is 0 Å². The van der Waals surface area contributed by atoms with Gasteiger partial charge in [0, 0.05) is 32.3 Å². The van der Waals surface area contributed by atoms with Crippen LogP contribution in [0, 0.1) is 11.8 Å². The van der Waals surface area contributed by atoms with Crippen LogP contribution < -0.4 is 5.73 Å². The molecule has 3 nitrogen and oxygen atoms in total. The van der Waals surface area contributed by atoms with E-state index < -0.39 is 0 Å². The van der Waals surface area contributed by atoms with Crippen molar-refractivity contribution in [3.05, 3.63) is 0 Å². The van der Waals surface area contributed by atoms with Crippen molar-refractivity contribution in [2.45, 2.75) is 64.0 Å². The van der Waals surface area contributed by atoms with Crippen molar-refractivity contribution in [2.75, 3.05) is 26.8 Å². The molecule has 2 fully saturated rings. The molecule has 2 unspecified atom stereocenters. The Labute approximate surface area is 118 Å². The van der Waals surface area contributed by atoms with Crippen LogP contribution in [0.3, 0.4) is 0 Å². The standard InChI is InChI=1S/C16H32N2O/c1-13(14-8-9-14)18(10-11-19-2)12-16(17)15-6-4-3-5-7-15/h13-16H,3-12,17H2,1-2H3. The molecule has 112 valence electrons. The maximum atomic E-state index is 6.50. The zero-order chi connectivity index (χ0) is 13.7. The van der Waals surface area contributed by atoms with E-state index in [1.165, 1.54) is 44.9 Å². The Balaban J connectivity index is 1.82. The molecule has 2 atom stereocenters. The molecule has 2 rings (SSSR count). The average molecular weight is 268 g/mol. The molecule has 2 N–H and O–H groups in total. The van der Waals surface area contributed by atoms with Crippen LogP contribution >= 0.6 is 0 Å². The molecule has 0 heterocycles. The van der Waals surface area contributed by atoms with Gasteiger partial charge in [0.15, 0.2) is 0 Å². The van der Waals surface area contributed by atoms with Gasteiger partial charge in [0.2, 0.25) is 0 Å². The second-order valence-electron chi connectivity index (χ2n) is 6.63. The molecule has 2 aliphatic carbocycles. The summed E-state index contributed by atoms with van der Waals surface area (Å²) >= 11 is 0. The summed E-state index contributed by atoms with van der Waals surface area (Å²) in [5.74, 6) is 1.67. The molecule has 0 bridgehead atoms. The predicted octanol–water partition coefficient (Wildman–Crippen LogP) is 2.64. The van der Waals surface area contributed by atoms with Gasteiger partial charge < -0.3 is 10.5 Å². The minimum Gasteiger partial charge on any atom is -0.383 e. The molecule has 0 aliphatic heterocycles. The number of nitrogens with two attached hydrogens (primary N) is 1. The Morgan fingerprint density at radius 3 is 2.37 bits per heavy atom. The zero-order valence-corrected chi connectivity index (χ0v) is 12.8. The van der Waals surface area contributed by atoms with Crippen LogP contribution in [0.15, 0.2) is 0 Å². The molecule has 0 saturated heterocycles. The number of ether oxygens (including phenoxy) is 1. The molecule has 0 amide bonds. The van der Waals surface area contributed by atoms with Gasteiger partial charge in [0.25, 0.3) is 0 Å². The van der Waals surface area contributed by atoms with Gasteiger partial charge in [0.05, 0.1) is 6.61 Å². The van der Waals surface area contributed by atoms with Crippen LogP contribution in [0.4, 0.5) is 0 Å². The second kappa shape index (κ2) is 7.61. The van der Waals surface area contributed by atoms with Gasteiger partial charge in [-0.15, -0.1) is 0 Å². The topological polar surface area (TPSA) is 38.5 Å². The molecule has 19 heavy (non-hydrogen) atoms. The summed E-state index contributed by atoms with van der Waals surface area (Å²) in [5, 5.41) is 0. The highest BCUT2D eigenvalue weighted by Gasteiger charge is 2.33. The summed E-state index contributed by atoms with van der Waals surface area (Å²) in [6.07, 6.45) is 9.68. The quantitative estimate of drug-likeness (QED) is 0.735. The van der Waals surface area contributed by atoms with Crippen LogP contribution in [0.1, 0.15) is 51.9 Å². The van der Waals surface area contributed by atoms with Crippen molar-refractivity contribution < 1.29 is 4.74 Å². The van der Waals surface area contributed by atoms with Crippen molar-refractivity contribution in [3.63, 3.8) is 0 Å². The maximum absolute atomic E-state index is 6.50. The molecule has 0 aromatic rings. The largest absolute Gasteiger partial charge is 0.383 e. The SMILES string of the molecule is COCCN(CC(N)C1CCCCC1)C(C)C1CC1. The van der Waals surface area contributed by atoms with Gasteiger partial charge >= 0.3 is 0 Å². The number of rotatable bonds is 8. The Bertz CT molecular complexity index is 249. The van der Waals surface area contributed by atoms with Crippen LogP contribution in [-0.4, -0.2) is 43.8 Å². The lowest BCUT2D eigenvalue weighted by molar-refractivity contribution is 0.102. The van der Waals surface area contributed by atoms with E-state index in [-0.39, 0.29) is 0 Å². The summed E-state index contributed by atoms with van der Waals surface area (Å²) in [6.45, 7) is 5.30. The Morgan fingerprint density at radius 2 is 1.79 bits per heavy atom. The summed E-state index contributed by atoms with van der Waals surface area (Å²) in [6, 6.07) is 1.04. The highest BCUT2D eigenvalue weighted by Crippen LogP contribution is 2.35. The summed E-state index contributed by atoms with van der Waals surface area (Å²) in [5.41, 5.74) is 6.50. The Morgan fingerprint density at radius 1 is 1.11 bits per heavy atom. The normalized spacial score (nSPS) is 24.6. The molecule has 3 heteroatoms.